The molecule has 1 aliphatic heterocycles. The fraction of sp³-hybridized carbons (Fsp3) is 0.231. The van der Waals surface area contributed by atoms with E-state index in [9.17, 15) is 0 Å². The molecule has 0 bridgehead atoms. The lowest BCUT2D eigenvalue weighted by Crippen LogP contribution is -1.88. The molecule has 1 unspecified atom stereocenters. The van der Waals surface area contributed by atoms with Crippen LogP contribution in [-0.2, 0) is 0 Å². The molecule has 1 aromatic rings. The van der Waals surface area contributed by atoms with Crippen molar-refractivity contribution in [3.63, 3.8) is 0 Å². The summed E-state index contributed by atoms with van der Waals surface area (Å²) in [6.07, 6.45) is 4.65. The Morgan fingerprint density at radius 2 is 2.07 bits per heavy atom. The summed E-state index contributed by atoms with van der Waals surface area (Å²) < 4.78 is 0. The highest BCUT2D eigenvalue weighted by molar-refractivity contribution is 8.22. The smallest absolute Gasteiger partial charge is 0.0440 e. The van der Waals surface area contributed by atoms with Crippen LogP contribution in [0.15, 0.2) is 51.6 Å². The predicted molar refractivity (Wildman–Crippen MR) is 70.2 cm³/mol. The van der Waals surface area contributed by atoms with Crippen LogP contribution >= 0.6 is 10.9 Å². The number of benzene rings is 1. The van der Waals surface area contributed by atoms with Gasteiger partial charge in [-0.15, -0.1) is 0 Å². The van der Waals surface area contributed by atoms with Crippen molar-refractivity contribution in [2.45, 2.75) is 24.7 Å². The molecular formula is C13H17NS. The quantitative estimate of drug-likeness (QED) is 0.586. The van der Waals surface area contributed by atoms with E-state index in [1.165, 1.54) is 23.3 Å². The summed E-state index contributed by atoms with van der Waals surface area (Å²) in [4.78, 5) is 1.29. The summed E-state index contributed by atoms with van der Waals surface area (Å²) in [7, 11) is -0.280. The van der Waals surface area contributed by atoms with Crippen molar-refractivity contribution < 1.29 is 0 Å². The summed E-state index contributed by atoms with van der Waals surface area (Å²) in [5.41, 5.74) is 8.36. The SMILES string of the molecule is CCCC1=C[SH](c2ccccc2N)C=C1. The van der Waals surface area contributed by atoms with Crippen LogP contribution in [0.5, 0.6) is 0 Å². The van der Waals surface area contributed by atoms with Crippen LogP contribution < -0.4 is 5.73 Å². The average Bonchev–Trinajstić information content (AvgIpc) is 2.68. The van der Waals surface area contributed by atoms with Gasteiger partial charge >= 0.3 is 0 Å². The Hall–Kier alpha value is -1.15. The van der Waals surface area contributed by atoms with Crippen molar-refractivity contribution in [2.24, 2.45) is 0 Å². The molecule has 15 heavy (non-hydrogen) atoms. The van der Waals surface area contributed by atoms with Crippen LogP contribution in [0.1, 0.15) is 19.8 Å². The van der Waals surface area contributed by atoms with Gasteiger partial charge in [0.2, 0.25) is 0 Å². The zero-order valence-electron chi connectivity index (χ0n) is 8.98. The molecule has 0 saturated carbocycles. The number of anilines is 1. The molecule has 1 heterocycles. The molecule has 0 amide bonds. The average molecular weight is 219 g/mol. The third kappa shape index (κ3) is 2.26. The second-order valence-electron chi connectivity index (χ2n) is 3.74. The fourth-order valence-corrected chi connectivity index (χ4v) is 3.69. The van der Waals surface area contributed by atoms with Crippen molar-refractivity contribution in [2.75, 3.05) is 5.73 Å². The Kier molecular flexibility index (Phi) is 3.17. The van der Waals surface area contributed by atoms with Crippen LogP contribution in [0.4, 0.5) is 5.69 Å². The van der Waals surface area contributed by atoms with Gasteiger partial charge in [0.1, 0.15) is 0 Å². The van der Waals surface area contributed by atoms with Crippen LogP contribution in [0.2, 0.25) is 0 Å². The van der Waals surface area contributed by atoms with Gasteiger partial charge in [-0.3, -0.25) is 0 Å². The van der Waals surface area contributed by atoms with Gasteiger partial charge in [-0.2, -0.15) is 10.9 Å². The van der Waals surface area contributed by atoms with Gasteiger partial charge in [-0.1, -0.05) is 31.6 Å². The molecule has 0 saturated heterocycles. The molecule has 0 radical (unpaired) electrons. The minimum Gasteiger partial charge on any atom is -0.398 e. The van der Waals surface area contributed by atoms with E-state index in [0.717, 1.165) is 5.69 Å². The number of nitrogen functional groups attached to an aromatic ring is 1. The fourth-order valence-electron chi connectivity index (χ4n) is 1.75. The summed E-state index contributed by atoms with van der Waals surface area (Å²) >= 11 is 0. The van der Waals surface area contributed by atoms with Gasteiger partial charge in [0.25, 0.3) is 0 Å². The number of hydrogen-bond acceptors (Lipinski definition) is 1. The van der Waals surface area contributed by atoms with Crippen molar-refractivity contribution >= 4 is 16.6 Å². The maximum Gasteiger partial charge on any atom is 0.0440 e. The molecule has 1 nitrogen and oxygen atoms in total. The van der Waals surface area contributed by atoms with Gasteiger partial charge < -0.3 is 5.73 Å². The number of hydrogen-bond donors (Lipinski definition) is 2. The lowest BCUT2D eigenvalue weighted by atomic mass is 10.2. The van der Waals surface area contributed by atoms with Gasteiger partial charge in [-0.25, -0.2) is 0 Å². The first-order chi connectivity index (χ1) is 7.31. The monoisotopic (exact) mass is 219 g/mol. The van der Waals surface area contributed by atoms with Crippen molar-refractivity contribution in [3.05, 3.63) is 46.7 Å². The van der Waals surface area contributed by atoms with E-state index in [0.29, 0.717) is 0 Å². The first kappa shape index (κ1) is 10.4. The highest BCUT2D eigenvalue weighted by Crippen LogP contribution is 2.47. The summed E-state index contributed by atoms with van der Waals surface area (Å²) in [6.45, 7) is 2.21. The Balaban J connectivity index is 2.21. The highest BCUT2D eigenvalue weighted by Gasteiger charge is 2.09. The van der Waals surface area contributed by atoms with Gasteiger partial charge in [0.15, 0.2) is 0 Å². The molecule has 2 N–H and O–H groups in total. The second kappa shape index (κ2) is 4.58. The minimum absolute atomic E-state index is 0.280. The van der Waals surface area contributed by atoms with Gasteiger partial charge in [0, 0.05) is 10.6 Å². The molecule has 1 aromatic carbocycles. The van der Waals surface area contributed by atoms with E-state index < -0.39 is 0 Å². The van der Waals surface area contributed by atoms with E-state index in [1.54, 1.807) is 0 Å². The molecule has 0 aromatic heterocycles. The number of thiol groups is 1. The first-order valence-electron chi connectivity index (χ1n) is 5.33. The maximum absolute atomic E-state index is 5.97. The molecular weight excluding hydrogens is 202 g/mol. The largest absolute Gasteiger partial charge is 0.398 e. The lowest BCUT2D eigenvalue weighted by Gasteiger charge is -2.12. The Bertz CT molecular complexity index is 407. The topological polar surface area (TPSA) is 26.0 Å². The summed E-state index contributed by atoms with van der Waals surface area (Å²) in [5.74, 6) is 0. The van der Waals surface area contributed by atoms with E-state index in [-0.39, 0.29) is 10.9 Å². The molecule has 0 spiro atoms. The Morgan fingerprint density at radius 1 is 1.27 bits per heavy atom. The zero-order chi connectivity index (χ0) is 10.7. The standard InChI is InChI=1S/C13H17NS/c1-2-5-11-8-9-15(10-11)13-7-4-3-6-12(13)14/h3-4,6-10,15H,2,5,14H2,1H3. The first-order valence-corrected chi connectivity index (χ1v) is 6.81. The van der Waals surface area contributed by atoms with E-state index in [4.69, 9.17) is 5.73 Å². The second-order valence-corrected chi connectivity index (χ2v) is 5.59. The van der Waals surface area contributed by atoms with Gasteiger partial charge in [-0.05, 0) is 34.9 Å². The predicted octanol–water partition coefficient (Wildman–Crippen LogP) is 3.84. The van der Waals surface area contributed by atoms with Crippen molar-refractivity contribution in [3.8, 4) is 0 Å². The Labute approximate surface area is 94.0 Å². The molecule has 80 valence electrons. The molecule has 1 atom stereocenters. The summed E-state index contributed by atoms with van der Waals surface area (Å²) in [5, 5.41) is 4.68. The van der Waals surface area contributed by atoms with Crippen molar-refractivity contribution in [1.82, 2.24) is 0 Å². The van der Waals surface area contributed by atoms with Crippen LogP contribution in [0.3, 0.4) is 0 Å². The molecule has 0 fully saturated rings. The summed E-state index contributed by atoms with van der Waals surface area (Å²) in [6, 6.07) is 8.17. The third-order valence-electron chi connectivity index (χ3n) is 2.51. The minimum atomic E-state index is -0.280. The molecule has 2 heteroatoms. The maximum atomic E-state index is 5.97. The van der Waals surface area contributed by atoms with Crippen LogP contribution in [0, 0.1) is 0 Å². The normalized spacial score (nSPS) is 21.7. The van der Waals surface area contributed by atoms with Crippen LogP contribution in [0.25, 0.3) is 0 Å². The third-order valence-corrected chi connectivity index (χ3v) is 4.55. The molecule has 0 aliphatic carbocycles. The van der Waals surface area contributed by atoms with E-state index in [2.05, 4.69) is 35.9 Å². The number of allylic oxidation sites excluding steroid dienone is 2. The Morgan fingerprint density at radius 3 is 2.80 bits per heavy atom. The van der Waals surface area contributed by atoms with E-state index >= 15 is 0 Å². The lowest BCUT2D eigenvalue weighted by molar-refractivity contribution is 0.930. The highest BCUT2D eigenvalue weighted by atomic mass is 32.2. The van der Waals surface area contributed by atoms with E-state index in [1.807, 2.05) is 12.1 Å². The number of rotatable bonds is 3. The molecule has 1 aliphatic rings. The molecule has 2 rings (SSSR count). The zero-order valence-corrected chi connectivity index (χ0v) is 9.87. The van der Waals surface area contributed by atoms with Gasteiger partial charge in [0.05, 0.1) is 0 Å². The number of para-hydroxylation sites is 1. The van der Waals surface area contributed by atoms with Crippen LogP contribution in [-0.4, -0.2) is 0 Å². The number of nitrogens with two attached hydrogens (primary N) is 1. The van der Waals surface area contributed by atoms with Crippen molar-refractivity contribution in [1.29, 1.82) is 0 Å².